The molecule has 0 amide bonds. The van der Waals surface area contributed by atoms with Crippen LogP contribution in [0, 0.1) is 0 Å². The number of carboxylic acid groups (broad SMARTS) is 2. The van der Waals surface area contributed by atoms with Gasteiger partial charge in [0, 0.05) is 26.2 Å². The zero-order valence-electron chi connectivity index (χ0n) is 16.7. The minimum atomic E-state index is -1.82. The molecule has 8 nitrogen and oxygen atoms in total. The van der Waals surface area contributed by atoms with Crippen LogP contribution in [0.2, 0.25) is 0 Å². The Bertz CT molecular complexity index is 814. The molecule has 1 aliphatic heterocycles. The number of carboxylic acids is 2. The van der Waals surface area contributed by atoms with E-state index in [0.717, 1.165) is 69.2 Å². The molecule has 1 saturated heterocycles. The molecule has 2 aromatic carbocycles. The third-order valence-corrected chi connectivity index (χ3v) is 5.29. The number of rotatable bonds is 8. The fourth-order valence-corrected chi connectivity index (χ4v) is 3.50. The number of morpholine rings is 1. The SMILES string of the molecule is Brc1c(OCCCNCCN2CCOCC2)ccc2ccccc12.O=C(O)C(=O)O. The van der Waals surface area contributed by atoms with Crippen molar-refractivity contribution in [3.63, 3.8) is 0 Å². The Hall–Kier alpha value is -2.20. The van der Waals surface area contributed by atoms with Gasteiger partial charge in [-0.1, -0.05) is 30.3 Å². The number of fused-ring (bicyclic) bond motifs is 1. The first-order valence-corrected chi connectivity index (χ1v) is 10.6. The number of hydrogen-bond donors (Lipinski definition) is 3. The molecular formula is C21H27BrN2O6. The summed E-state index contributed by atoms with van der Waals surface area (Å²) < 4.78 is 12.3. The van der Waals surface area contributed by atoms with Crippen LogP contribution in [0.5, 0.6) is 5.75 Å². The van der Waals surface area contributed by atoms with Gasteiger partial charge < -0.3 is 25.0 Å². The average molecular weight is 483 g/mol. The van der Waals surface area contributed by atoms with Gasteiger partial charge in [-0.15, -0.1) is 0 Å². The van der Waals surface area contributed by atoms with E-state index in [4.69, 9.17) is 29.3 Å². The standard InChI is InChI=1S/C19H25BrN2O2.C2H2O4/c20-19-17-5-2-1-4-16(17)6-7-18(19)24-13-3-8-21-9-10-22-11-14-23-15-12-22;3-1(4)2(5)6/h1-2,4-7,21H,3,8-15H2;(H,3,4)(H,5,6). The lowest BCUT2D eigenvalue weighted by atomic mass is 10.1. The lowest BCUT2D eigenvalue weighted by Gasteiger charge is -2.26. The lowest BCUT2D eigenvalue weighted by Crippen LogP contribution is -2.40. The van der Waals surface area contributed by atoms with Crippen molar-refractivity contribution < 1.29 is 29.3 Å². The Morgan fingerprint density at radius 1 is 1.07 bits per heavy atom. The van der Waals surface area contributed by atoms with Crippen molar-refractivity contribution in [2.45, 2.75) is 6.42 Å². The van der Waals surface area contributed by atoms with Crippen LogP contribution in [0.3, 0.4) is 0 Å². The third kappa shape index (κ3) is 8.27. The van der Waals surface area contributed by atoms with Crippen molar-refractivity contribution in [1.82, 2.24) is 10.2 Å². The largest absolute Gasteiger partial charge is 0.492 e. The first kappa shape index (κ1) is 24.1. The maximum absolute atomic E-state index is 9.10. The van der Waals surface area contributed by atoms with E-state index in [1.165, 1.54) is 10.8 Å². The Morgan fingerprint density at radius 3 is 2.47 bits per heavy atom. The summed E-state index contributed by atoms with van der Waals surface area (Å²) in [5.41, 5.74) is 0. The van der Waals surface area contributed by atoms with Crippen LogP contribution in [0.15, 0.2) is 40.9 Å². The fourth-order valence-electron chi connectivity index (χ4n) is 2.89. The molecule has 0 unspecified atom stereocenters. The van der Waals surface area contributed by atoms with Crippen LogP contribution in [-0.4, -0.2) is 79.6 Å². The molecule has 0 radical (unpaired) electrons. The normalized spacial score (nSPS) is 14.0. The number of halogens is 1. The van der Waals surface area contributed by atoms with Gasteiger partial charge in [-0.05, 0) is 45.7 Å². The maximum atomic E-state index is 9.10. The van der Waals surface area contributed by atoms with E-state index in [9.17, 15) is 0 Å². The Kier molecular flexibility index (Phi) is 10.6. The van der Waals surface area contributed by atoms with Gasteiger partial charge in [-0.25, -0.2) is 9.59 Å². The second kappa shape index (κ2) is 13.2. The number of hydrogen-bond acceptors (Lipinski definition) is 6. The summed E-state index contributed by atoms with van der Waals surface area (Å²) in [7, 11) is 0. The summed E-state index contributed by atoms with van der Waals surface area (Å²) in [6, 6.07) is 12.5. The van der Waals surface area contributed by atoms with Crippen molar-refractivity contribution >= 4 is 38.6 Å². The quantitative estimate of drug-likeness (QED) is 0.388. The van der Waals surface area contributed by atoms with E-state index < -0.39 is 11.9 Å². The summed E-state index contributed by atoms with van der Waals surface area (Å²) >= 11 is 3.66. The fraction of sp³-hybridized carbons (Fsp3) is 0.429. The number of benzene rings is 2. The van der Waals surface area contributed by atoms with Gasteiger partial charge in [0.1, 0.15) is 5.75 Å². The molecule has 1 aliphatic rings. The van der Waals surface area contributed by atoms with Crippen LogP contribution < -0.4 is 10.1 Å². The highest BCUT2D eigenvalue weighted by Crippen LogP contribution is 2.32. The highest BCUT2D eigenvalue weighted by molar-refractivity contribution is 9.10. The molecule has 1 heterocycles. The number of nitrogens with one attached hydrogen (secondary N) is 1. The van der Waals surface area contributed by atoms with Crippen LogP contribution in [0.1, 0.15) is 6.42 Å². The summed E-state index contributed by atoms with van der Waals surface area (Å²) in [6.45, 7) is 7.68. The molecule has 0 saturated carbocycles. The van der Waals surface area contributed by atoms with E-state index in [0.29, 0.717) is 0 Å². The first-order chi connectivity index (χ1) is 14.5. The Balaban J connectivity index is 0.000000469. The summed E-state index contributed by atoms with van der Waals surface area (Å²) in [5, 5.41) is 20.7. The van der Waals surface area contributed by atoms with Crippen molar-refractivity contribution in [3.8, 4) is 5.75 Å². The third-order valence-electron chi connectivity index (χ3n) is 4.47. The van der Waals surface area contributed by atoms with E-state index in [-0.39, 0.29) is 0 Å². The number of aliphatic carboxylic acids is 2. The second-order valence-corrected chi connectivity index (χ2v) is 7.41. The minimum absolute atomic E-state index is 0.724. The van der Waals surface area contributed by atoms with Crippen LogP contribution in [-0.2, 0) is 14.3 Å². The van der Waals surface area contributed by atoms with E-state index in [1.54, 1.807) is 0 Å². The number of ether oxygens (including phenoxy) is 2. The first-order valence-electron chi connectivity index (χ1n) is 9.76. The maximum Gasteiger partial charge on any atom is 0.414 e. The molecule has 30 heavy (non-hydrogen) atoms. The molecule has 0 atom stereocenters. The van der Waals surface area contributed by atoms with Gasteiger partial charge in [0.2, 0.25) is 0 Å². The smallest absolute Gasteiger partial charge is 0.414 e. The zero-order valence-corrected chi connectivity index (χ0v) is 18.3. The van der Waals surface area contributed by atoms with E-state index in [2.05, 4.69) is 56.5 Å². The van der Waals surface area contributed by atoms with Gasteiger partial charge in [0.25, 0.3) is 0 Å². The average Bonchev–Trinajstić information content (AvgIpc) is 2.76. The molecule has 0 spiro atoms. The predicted octanol–water partition coefficient (Wildman–Crippen LogP) is 2.45. The van der Waals surface area contributed by atoms with Gasteiger partial charge in [-0.3, -0.25) is 4.90 Å². The van der Waals surface area contributed by atoms with Crippen molar-refractivity contribution in [3.05, 3.63) is 40.9 Å². The highest BCUT2D eigenvalue weighted by Gasteiger charge is 2.09. The molecule has 0 aliphatic carbocycles. The van der Waals surface area contributed by atoms with Gasteiger partial charge in [-0.2, -0.15) is 0 Å². The number of nitrogens with zero attached hydrogens (tertiary/aromatic N) is 1. The summed E-state index contributed by atoms with van der Waals surface area (Å²) in [5.74, 6) is -2.73. The topological polar surface area (TPSA) is 108 Å². The molecule has 0 bridgehead atoms. The monoisotopic (exact) mass is 482 g/mol. The Labute approximate surface area is 183 Å². The predicted molar refractivity (Wildman–Crippen MR) is 117 cm³/mol. The highest BCUT2D eigenvalue weighted by atomic mass is 79.9. The molecule has 1 fully saturated rings. The van der Waals surface area contributed by atoms with Crippen molar-refractivity contribution in [2.24, 2.45) is 0 Å². The molecule has 3 N–H and O–H groups in total. The van der Waals surface area contributed by atoms with Gasteiger partial charge >= 0.3 is 11.9 Å². The molecule has 3 rings (SSSR count). The minimum Gasteiger partial charge on any atom is -0.492 e. The second-order valence-electron chi connectivity index (χ2n) is 6.62. The molecule has 9 heteroatoms. The molecular weight excluding hydrogens is 456 g/mol. The van der Waals surface area contributed by atoms with E-state index in [1.807, 2.05) is 6.07 Å². The number of carbonyl (C=O) groups is 2. The molecule has 164 valence electrons. The molecule has 0 aromatic heterocycles. The summed E-state index contributed by atoms with van der Waals surface area (Å²) in [4.78, 5) is 20.6. The van der Waals surface area contributed by atoms with Crippen LogP contribution in [0.4, 0.5) is 0 Å². The van der Waals surface area contributed by atoms with Crippen LogP contribution >= 0.6 is 15.9 Å². The zero-order chi connectivity index (χ0) is 21.8. The summed E-state index contributed by atoms with van der Waals surface area (Å²) in [6.07, 6.45) is 1.00. The molecule has 2 aromatic rings. The lowest BCUT2D eigenvalue weighted by molar-refractivity contribution is -0.159. The van der Waals surface area contributed by atoms with Crippen molar-refractivity contribution in [2.75, 3.05) is 52.5 Å². The van der Waals surface area contributed by atoms with E-state index >= 15 is 0 Å². The van der Waals surface area contributed by atoms with Crippen LogP contribution in [0.25, 0.3) is 10.8 Å². The van der Waals surface area contributed by atoms with Crippen molar-refractivity contribution in [1.29, 1.82) is 0 Å². The van der Waals surface area contributed by atoms with Gasteiger partial charge in [0.15, 0.2) is 0 Å². The van der Waals surface area contributed by atoms with Gasteiger partial charge in [0.05, 0.1) is 24.3 Å². The Morgan fingerprint density at radius 2 is 1.77 bits per heavy atom.